The van der Waals surface area contributed by atoms with Gasteiger partial charge in [0.2, 0.25) is 0 Å². The van der Waals surface area contributed by atoms with Crippen LogP contribution in [0.15, 0.2) is 41.0 Å². The van der Waals surface area contributed by atoms with E-state index in [9.17, 15) is 0 Å². The van der Waals surface area contributed by atoms with Crippen LogP contribution in [-0.2, 0) is 0 Å². The first-order valence-corrected chi connectivity index (χ1v) is 7.75. The molecule has 0 aliphatic heterocycles. The van der Waals surface area contributed by atoms with Crippen LogP contribution in [0.1, 0.15) is 6.42 Å². The summed E-state index contributed by atoms with van der Waals surface area (Å²) >= 11 is 9.49. The van der Waals surface area contributed by atoms with Gasteiger partial charge in [0.1, 0.15) is 11.6 Å². The van der Waals surface area contributed by atoms with Gasteiger partial charge in [-0.15, -0.1) is 0 Å². The van der Waals surface area contributed by atoms with Crippen LogP contribution in [0.5, 0.6) is 5.75 Å². The molecule has 6 heteroatoms. The second-order valence-corrected chi connectivity index (χ2v) is 5.75. The molecule has 0 saturated carbocycles. The third kappa shape index (κ3) is 4.09. The van der Waals surface area contributed by atoms with Crippen LogP contribution in [-0.4, -0.2) is 25.2 Å². The first kappa shape index (κ1) is 16.1. The number of ether oxygens (including phenoxy) is 1. The molecule has 0 radical (unpaired) electrons. The maximum atomic E-state index is 5.97. The lowest BCUT2D eigenvalue weighted by atomic mass is 10.2. The van der Waals surface area contributed by atoms with Gasteiger partial charge in [-0.05, 0) is 47.1 Å². The molecule has 0 amide bonds. The van der Waals surface area contributed by atoms with Gasteiger partial charge in [-0.3, -0.25) is 0 Å². The van der Waals surface area contributed by atoms with Crippen molar-refractivity contribution in [3.05, 3.63) is 46.0 Å². The summed E-state index contributed by atoms with van der Waals surface area (Å²) in [6.07, 6.45) is 2.49. The Hall–Kier alpha value is -1.30. The lowest BCUT2D eigenvalue weighted by molar-refractivity contribution is 0.415. The van der Waals surface area contributed by atoms with E-state index in [0.29, 0.717) is 11.6 Å². The minimum absolute atomic E-state index is 0.593. The van der Waals surface area contributed by atoms with Crippen molar-refractivity contribution in [1.29, 1.82) is 0 Å². The zero-order chi connectivity index (χ0) is 15.2. The Morgan fingerprint density at radius 2 is 2.19 bits per heavy atom. The average molecular weight is 371 g/mol. The SMILES string of the molecule is COc1cccc(N(CCCN)c2ncc(Cl)cc2Br)c1. The number of nitrogens with two attached hydrogens (primary N) is 1. The number of methoxy groups -OCH3 is 1. The van der Waals surface area contributed by atoms with Crippen molar-refractivity contribution < 1.29 is 4.74 Å². The summed E-state index contributed by atoms with van der Waals surface area (Å²) in [6, 6.07) is 9.68. The topological polar surface area (TPSA) is 51.4 Å². The van der Waals surface area contributed by atoms with Gasteiger partial charge in [-0.1, -0.05) is 17.7 Å². The van der Waals surface area contributed by atoms with Crippen LogP contribution in [0.3, 0.4) is 0 Å². The standard InChI is InChI=1S/C15H17BrClN3O/c1-21-13-5-2-4-12(9-13)20(7-3-6-18)15-14(16)8-11(17)10-19-15/h2,4-5,8-10H,3,6-7,18H2,1H3. The zero-order valence-electron chi connectivity index (χ0n) is 11.7. The summed E-state index contributed by atoms with van der Waals surface area (Å²) in [5.74, 6) is 1.61. The molecule has 2 rings (SSSR count). The summed E-state index contributed by atoms with van der Waals surface area (Å²) in [4.78, 5) is 6.52. The fourth-order valence-electron chi connectivity index (χ4n) is 1.99. The third-order valence-electron chi connectivity index (χ3n) is 2.99. The molecule has 112 valence electrons. The summed E-state index contributed by atoms with van der Waals surface area (Å²) in [5, 5.41) is 0.593. The van der Waals surface area contributed by atoms with Gasteiger partial charge >= 0.3 is 0 Å². The number of pyridine rings is 1. The van der Waals surface area contributed by atoms with Crippen molar-refractivity contribution in [2.75, 3.05) is 25.1 Å². The monoisotopic (exact) mass is 369 g/mol. The van der Waals surface area contributed by atoms with Gasteiger partial charge in [-0.25, -0.2) is 4.98 Å². The summed E-state index contributed by atoms with van der Waals surface area (Å²) in [7, 11) is 1.65. The number of hydrogen-bond acceptors (Lipinski definition) is 4. The van der Waals surface area contributed by atoms with Crippen LogP contribution in [0.2, 0.25) is 5.02 Å². The van der Waals surface area contributed by atoms with Gasteiger partial charge in [-0.2, -0.15) is 0 Å². The van der Waals surface area contributed by atoms with E-state index in [1.54, 1.807) is 13.3 Å². The number of rotatable bonds is 6. The Morgan fingerprint density at radius 1 is 1.38 bits per heavy atom. The van der Waals surface area contributed by atoms with Crippen LogP contribution < -0.4 is 15.4 Å². The van der Waals surface area contributed by atoms with Crippen LogP contribution in [0.4, 0.5) is 11.5 Å². The molecular weight excluding hydrogens is 354 g/mol. The normalized spacial score (nSPS) is 10.5. The molecule has 0 saturated heterocycles. The molecule has 0 aliphatic rings. The zero-order valence-corrected chi connectivity index (χ0v) is 14.1. The Balaban J connectivity index is 2.41. The molecule has 2 N–H and O–H groups in total. The molecular formula is C15H17BrClN3O. The highest BCUT2D eigenvalue weighted by Gasteiger charge is 2.14. The summed E-state index contributed by atoms with van der Waals surface area (Å²) in [5.41, 5.74) is 6.65. The van der Waals surface area contributed by atoms with Crippen molar-refractivity contribution in [1.82, 2.24) is 4.98 Å². The number of nitrogens with zero attached hydrogens (tertiary/aromatic N) is 2. The van der Waals surface area contributed by atoms with E-state index in [1.807, 2.05) is 30.3 Å². The Morgan fingerprint density at radius 3 is 2.86 bits per heavy atom. The van der Waals surface area contributed by atoms with Gasteiger partial charge in [0.05, 0.1) is 16.6 Å². The van der Waals surface area contributed by atoms with Gasteiger partial charge in [0, 0.05) is 24.5 Å². The average Bonchev–Trinajstić information content (AvgIpc) is 2.49. The quantitative estimate of drug-likeness (QED) is 0.835. The van der Waals surface area contributed by atoms with Gasteiger partial charge in [0.25, 0.3) is 0 Å². The maximum Gasteiger partial charge on any atom is 0.147 e. The van der Waals surface area contributed by atoms with E-state index in [2.05, 4.69) is 25.8 Å². The summed E-state index contributed by atoms with van der Waals surface area (Å²) < 4.78 is 6.13. The van der Waals surface area contributed by atoms with Crippen molar-refractivity contribution >= 4 is 39.0 Å². The first-order valence-electron chi connectivity index (χ1n) is 6.58. The Bertz CT molecular complexity index is 609. The molecule has 0 spiro atoms. The predicted molar refractivity (Wildman–Crippen MR) is 90.6 cm³/mol. The number of aromatic nitrogens is 1. The fourth-order valence-corrected chi connectivity index (χ4v) is 2.84. The lowest BCUT2D eigenvalue weighted by Gasteiger charge is -2.25. The molecule has 1 aromatic heterocycles. The Kier molecular flexibility index (Phi) is 5.85. The van der Waals surface area contributed by atoms with Gasteiger partial charge < -0.3 is 15.4 Å². The van der Waals surface area contributed by atoms with E-state index in [4.69, 9.17) is 22.1 Å². The van der Waals surface area contributed by atoms with Crippen LogP contribution in [0, 0.1) is 0 Å². The molecule has 2 aromatic rings. The number of hydrogen-bond donors (Lipinski definition) is 1. The predicted octanol–water partition coefficient (Wildman–Crippen LogP) is 3.99. The molecule has 0 fully saturated rings. The minimum Gasteiger partial charge on any atom is -0.497 e. The summed E-state index contributed by atoms with van der Waals surface area (Å²) in [6.45, 7) is 1.38. The molecule has 0 aliphatic carbocycles. The van der Waals surface area contributed by atoms with Crippen molar-refractivity contribution in [2.45, 2.75) is 6.42 Å². The van der Waals surface area contributed by atoms with Crippen molar-refractivity contribution in [3.8, 4) is 5.75 Å². The van der Waals surface area contributed by atoms with E-state index < -0.39 is 0 Å². The van der Waals surface area contributed by atoms with E-state index in [-0.39, 0.29) is 0 Å². The first-order chi connectivity index (χ1) is 10.2. The third-order valence-corrected chi connectivity index (χ3v) is 3.79. The molecule has 4 nitrogen and oxygen atoms in total. The van der Waals surface area contributed by atoms with Crippen molar-refractivity contribution in [3.63, 3.8) is 0 Å². The minimum atomic E-state index is 0.593. The maximum absolute atomic E-state index is 5.97. The highest BCUT2D eigenvalue weighted by molar-refractivity contribution is 9.10. The lowest BCUT2D eigenvalue weighted by Crippen LogP contribution is -2.22. The van der Waals surface area contributed by atoms with E-state index >= 15 is 0 Å². The van der Waals surface area contributed by atoms with E-state index in [0.717, 1.165) is 34.7 Å². The Labute approximate surface area is 138 Å². The molecule has 1 aromatic carbocycles. The molecule has 0 bridgehead atoms. The van der Waals surface area contributed by atoms with Crippen molar-refractivity contribution in [2.24, 2.45) is 5.73 Å². The second-order valence-electron chi connectivity index (χ2n) is 4.45. The second kappa shape index (κ2) is 7.64. The van der Waals surface area contributed by atoms with Crippen LogP contribution in [0.25, 0.3) is 0 Å². The molecule has 21 heavy (non-hydrogen) atoms. The highest BCUT2D eigenvalue weighted by atomic mass is 79.9. The molecule has 1 heterocycles. The highest BCUT2D eigenvalue weighted by Crippen LogP contribution is 2.33. The molecule has 0 atom stereocenters. The number of anilines is 2. The number of benzene rings is 1. The smallest absolute Gasteiger partial charge is 0.147 e. The van der Waals surface area contributed by atoms with E-state index in [1.165, 1.54) is 0 Å². The van der Waals surface area contributed by atoms with Crippen LogP contribution >= 0.6 is 27.5 Å². The van der Waals surface area contributed by atoms with Gasteiger partial charge in [0.15, 0.2) is 0 Å². The fraction of sp³-hybridized carbons (Fsp3) is 0.267. The molecule has 0 unspecified atom stereocenters. The number of halogens is 2. The largest absolute Gasteiger partial charge is 0.497 e.